The minimum absolute atomic E-state index is 0.0370. The molecule has 0 unspecified atom stereocenters. The van der Waals surface area contributed by atoms with Gasteiger partial charge in [-0.05, 0) is 12.8 Å². The highest BCUT2D eigenvalue weighted by atomic mass is 16.1. The predicted octanol–water partition coefficient (Wildman–Crippen LogP) is 0.223. The van der Waals surface area contributed by atoms with Gasteiger partial charge in [0.05, 0.1) is 0 Å². The summed E-state index contributed by atoms with van der Waals surface area (Å²) in [7, 11) is 0. The molecule has 2 atom stereocenters. The smallest absolute Gasteiger partial charge is 0.203 e. The van der Waals surface area contributed by atoms with Crippen LogP contribution < -0.4 is 5.73 Å². The van der Waals surface area contributed by atoms with Crippen LogP contribution in [0.3, 0.4) is 0 Å². The lowest BCUT2D eigenvalue weighted by molar-refractivity contribution is 0.504. The molecule has 0 aromatic heterocycles. The quantitative estimate of drug-likeness (QED) is 0.527. The third-order valence-electron chi connectivity index (χ3n) is 1.72. The highest BCUT2D eigenvalue weighted by Gasteiger charge is 2.23. The average molecular weight is 112 g/mol. The molecule has 8 heavy (non-hydrogen) atoms. The maximum Gasteiger partial charge on any atom is 0.203 e. The maximum absolute atomic E-state index is 10.0. The van der Waals surface area contributed by atoms with Crippen molar-refractivity contribution in [3.63, 3.8) is 0 Å². The minimum Gasteiger partial charge on any atom is -0.327 e. The fraction of sp³-hybridized carbons (Fsp3) is 0.833. The third-order valence-corrected chi connectivity index (χ3v) is 1.72. The first-order chi connectivity index (χ1) is 3.84. The van der Waals surface area contributed by atoms with E-state index in [-0.39, 0.29) is 12.0 Å². The van der Waals surface area contributed by atoms with Gasteiger partial charge in [0.15, 0.2) is 0 Å². The Morgan fingerprint density at radius 1 is 1.50 bits per heavy atom. The van der Waals surface area contributed by atoms with Gasteiger partial charge in [0, 0.05) is 12.0 Å². The third kappa shape index (κ3) is 0.892. The monoisotopic (exact) mass is 112 g/mol. The first-order valence-electron chi connectivity index (χ1n) is 2.98. The Morgan fingerprint density at radius 3 is 2.50 bits per heavy atom. The van der Waals surface area contributed by atoms with Crippen molar-refractivity contribution in [3.05, 3.63) is 0 Å². The molecule has 0 aromatic rings. The minimum atomic E-state index is 0.0370. The molecule has 1 aliphatic carbocycles. The molecule has 0 saturated heterocycles. The van der Waals surface area contributed by atoms with Crippen LogP contribution in [0, 0.1) is 5.92 Å². The first kappa shape index (κ1) is 5.76. The van der Waals surface area contributed by atoms with Gasteiger partial charge < -0.3 is 5.73 Å². The molecule has 45 valence electrons. The second-order valence-corrected chi connectivity index (χ2v) is 2.32. The highest BCUT2D eigenvalue weighted by Crippen LogP contribution is 2.21. The Morgan fingerprint density at radius 2 is 2.25 bits per heavy atom. The molecule has 1 rings (SSSR count). The Kier molecular flexibility index (Phi) is 1.63. The van der Waals surface area contributed by atoms with E-state index in [1.165, 1.54) is 0 Å². The van der Waals surface area contributed by atoms with E-state index in [0.717, 1.165) is 19.3 Å². The Balaban J connectivity index is 2.41. The van der Waals surface area contributed by atoms with Crippen molar-refractivity contribution >= 4 is 6.29 Å². The van der Waals surface area contributed by atoms with Gasteiger partial charge in [0.1, 0.15) is 0 Å². The summed E-state index contributed by atoms with van der Waals surface area (Å²) in [6.45, 7) is 0. The largest absolute Gasteiger partial charge is 0.327 e. The van der Waals surface area contributed by atoms with E-state index in [0.29, 0.717) is 0 Å². The number of rotatable bonds is 1. The van der Waals surface area contributed by atoms with Gasteiger partial charge in [-0.1, -0.05) is 6.42 Å². The molecule has 2 N–H and O–H groups in total. The molecule has 1 aliphatic rings. The molecule has 2 nitrogen and oxygen atoms in total. The van der Waals surface area contributed by atoms with Gasteiger partial charge in [-0.2, -0.15) is 0 Å². The Bertz CT molecular complexity index is 92.5. The van der Waals surface area contributed by atoms with Gasteiger partial charge in [0.25, 0.3) is 0 Å². The van der Waals surface area contributed by atoms with Crippen LogP contribution in [-0.4, -0.2) is 12.3 Å². The summed E-state index contributed by atoms with van der Waals surface area (Å²) >= 11 is 0. The SMILES string of the molecule is N[C@@H]1CCC[C@H]1[C]=O. The fourth-order valence-corrected chi connectivity index (χ4v) is 1.14. The predicted molar refractivity (Wildman–Crippen MR) is 31.0 cm³/mol. The summed E-state index contributed by atoms with van der Waals surface area (Å²) in [6, 6.07) is 0.104. The molecule has 0 aromatic carbocycles. The summed E-state index contributed by atoms with van der Waals surface area (Å²) in [4.78, 5) is 10.0. The summed E-state index contributed by atoms with van der Waals surface area (Å²) in [5.41, 5.74) is 5.53. The Labute approximate surface area is 49.1 Å². The van der Waals surface area contributed by atoms with Crippen LogP contribution >= 0.6 is 0 Å². The second-order valence-electron chi connectivity index (χ2n) is 2.32. The van der Waals surface area contributed by atoms with E-state index in [2.05, 4.69) is 0 Å². The van der Waals surface area contributed by atoms with Crippen LogP contribution in [0.15, 0.2) is 0 Å². The molecular weight excluding hydrogens is 102 g/mol. The summed E-state index contributed by atoms with van der Waals surface area (Å²) < 4.78 is 0. The summed E-state index contributed by atoms with van der Waals surface area (Å²) in [5, 5.41) is 0. The van der Waals surface area contributed by atoms with Crippen molar-refractivity contribution in [1.29, 1.82) is 0 Å². The normalized spacial score (nSPS) is 37.6. The molecule has 0 aliphatic heterocycles. The fourth-order valence-electron chi connectivity index (χ4n) is 1.14. The van der Waals surface area contributed by atoms with E-state index >= 15 is 0 Å². The van der Waals surface area contributed by atoms with Crippen molar-refractivity contribution in [2.75, 3.05) is 0 Å². The van der Waals surface area contributed by atoms with Crippen molar-refractivity contribution in [1.82, 2.24) is 0 Å². The summed E-state index contributed by atoms with van der Waals surface area (Å²) in [6.07, 6.45) is 4.99. The van der Waals surface area contributed by atoms with Crippen molar-refractivity contribution < 1.29 is 4.79 Å². The van der Waals surface area contributed by atoms with E-state index in [1.54, 1.807) is 0 Å². The molecule has 0 spiro atoms. The van der Waals surface area contributed by atoms with Gasteiger partial charge in [-0.15, -0.1) is 0 Å². The molecule has 0 amide bonds. The van der Waals surface area contributed by atoms with Crippen LogP contribution in [-0.2, 0) is 4.79 Å². The topological polar surface area (TPSA) is 43.1 Å². The number of hydrogen-bond acceptors (Lipinski definition) is 2. The van der Waals surface area contributed by atoms with Gasteiger partial charge in [-0.3, -0.25) is 4.79 Å². The van der Waals surface area contributed by atoms with Crippen LogP contribution in [0.1, 0.15) is 19.3 Å². The van der Waals surface area contributed by atoms with Gasteiger partial charge in [0.2, 0.25) is 6.29 Å². The van der Waals surface area contributed by atoms with E-state index in [1.807, 2.05) is 6.29 Å². The zero-order valence-corrected chi connectivity index (χ0v) is 4.76. The zero-order valence-electron chi connectivity index (χ0n) is 4.76. The molecular formula is C6H10NO. The molecule has 1 radical (unpaired) electrons. The standard InChI is InChI=1S/C6H10NO/c7-6-3-1-2-5(6)4-8/h5-6H,1-3,7H2/t5-,6+/m0/s1. The zero-order chi connectivity index (χ0) is 5.98. The molecule has 1 saturated carbocycles. The van der Waals surface area contributed by atoms with Crippen molar-refractivity contribution in [2.24, 2.45) is 11.7 Å². The van der Waals surface area contributed by atoms with Crippen LogP contribution in [0.2, 0.25) is 0 Å². The maximum atomic E-state index is 10.0. The lowest BCUT2D eigenvalue weighted by atomic mass is 10.1. The number of hydrogen-bond donors (Lipinski definition) is 1. The second kappa shape index (κ2) is 2.27. The number of carbonyl (C=O) groups excluding carboxylic acids is 1. The van der Waals surface area contributed by atoms with Crippen LogP contribution in [0.5, 0.6) is 0 Å². The highest BCUT2D eigenvalue weighted by molar-refractivity contribution is 5.56. The molecule has 1 fully saturated rings. The number of nitrogens with two attached hydrogens (primary N) is 1. The lowest BCUT2D eigenvalue weighted by Crippen LogP contribution is -2.24. The van der Waals surface area contributed by atoms with E-state index in [9.17, 15) is 4.79 Å². The molecule has 0 bridgehead atoms. The van der Waals surface area contributed by atoms with Crippen LogP contribution in [0.25, 0.3) is 0 Å². The van der Waals surface area contributed by atoms with Crippen LogP contribution in [0.4, 0.5) is 0 Å². The summed E-state index contributed by atoms with van der Waals surface area (Å²) in [5.74, 6) is 0.0370. The molecule has 2 heteroatoms. The van der Waals surface area contributed by atoms with E-state index < -0.39 is 0 Å². The van der Waals surface area contributed by atoms with E-state index in [4.69, 9.17) is 5.73 Å². The van der Waals surface area contributed by atoms with Crippen molar-refractivity contribution in [2.45, 2.75) is 25.3 Å². The lowest BCUT2D eigenvalue weighted by Gasteiger charge is -2.03. The molecule has 0 heterocycles. The van der Waals surface area contributed by atoms with Gasteiger partial charge >= 0.3 is 0 Å². The average Bonchev–Trinajstić information content (AvgIpc) is 2.14. The Hall–Kier alpha value is -0.370. The van der Waals surface area contributed by atoms with Gasteiger partial charge in [-0.25, -0.2) is 0 Å². The first-order valence-corrected chi connectivity index (χ1v) is 2.98. The van der Waals surface area contributed by atoms with Crippen molar-refractivity contribution in [3.8, 4) is 0 Å².